The van der Waals surface area contributed by atoms with Crippen LogP contribution in [0.15, 0.2) is 42.5 Å². The predicted octanol–water partition coefficient (Wildman–Crippen LogP) is 4.84. The average Bonchev–Trinajstić information content (AvgIpc) is 3.15. The summed E-state index contributed by atoms with van der Waals surface area (Å²) < 4.78 is 11.1. The number of hydrogen-bond acceptors (Lipinski definition) is 5. The van der Waals surface area contributed by atoms with E-state index in [1.54, 1.807) is 25.3 Å². The number of nitrogens with one attached hydrogen (secondary N) is 1. The molecule has 132 valence electrons. The second-order valence-corrected chi connectivity index (χ2v) is 8.46. The molecule has 0 spiro atoms. The zero-order chi connectivity index (χ0) is 17.6. The molecule has 1 aliphatic heterocycles. The lowest BCUT2D eigenvalue weighted by molar-refractivity contribution is -0.118. The second kappa shape index (κ2) is 8.74. The predicted molar refractivity (Wildman–Crippen MR) is 106 cm³/mol. The van der Waals surface area contributed by atoms with Crippen molar-refractivity contribution in [3.8, 4) is 11.5 Å². The van der Waals surface area contributed by atoms with Crippen molar-refractivity contribution in [1.29, 1.82) is 0 Å². The Bertz CT molecular complexity index is 734. The summed E-state index contributed by atoms with van der Waals surface area (Å²) in [6, 6.07) is 13.0. The first-order chi connectivity index (χ1) is 12.2. The van der Waals surface area contributed by atoms with Crippen LogP contribution in [0.2, 0.25) is 5.02 Å². The van der Waals surface area contributed by atoms with Gasteiger partial charge in [0.2, 0.25) is 0 Å². The van der Waals surface area contributed by atoms with Crippen LogP contribution in [-0.2, 0) is 4.79 Å². The lowest BCUT2D eigenvalue weighted by Gasteiger charge is -2.11. The van der Waals surface area contributed by atoms with E-state index in [1.807, 2.05) is 35.7 Å². The van der Waals surface area contributed by atoms with E-state index in [1.165, 1.54) is 17.1 Å². The van der Waals surface area contributed by atoms with Gasteiger partial charge in [-0.25, -0.2) is 0 Å². The lowest BCUT2D eigenvalue weighted by atomic mass is 10.2. The maximum Gasteiger partial charge on any atom is 0.262 e. The van der Waals surface area contributed by atoms with Gasteiger partial charge in [-0.2, -0.15) is 0 Å². The molecule has 4 nitrogen and oxygen atoms in total. The van der Waals surface area contributed by atoms with Gasteiger partial charge in [0, 0.05) is 17.2 Å². The minimum Gasteiger partial charge on any atom is -0.495 e. The highest BCUT2D eigenvalue weighted by atomic mass is 35.5. The number of amides is 1. The zero-order valence-corrected chi connectivity index (χ0v) is 16.0. The van der Waals surface area contributed by atoms with Crippen LogP contribution < -0.4 is 14.8 Å². The normalized spacial score (nSPS) is 14.3. The fourth-order valence-electron chi connectivity index (χ4n) is 2.36. The third-order valence-electron chi connectivity index (χ3n) is 3.58. The van der Waals surface area contributed by atoms with Gasteiger partial charge in [-0.15, -0.1) is 23.5 Å². The lowest BCUT2D eigenvalue weighted by Crippen LogP contribution is -2.20. The Morgan fingerprint density at radius 3 is 2.56 bits per heavy atom. The molecule has 0 bridgehead atoms. The van der Waals surface area contributed by atoms with Crippen molar-refractivity contribution in [3.05, 3.63) is 53.1 Å². The van der Waals surface area contributed by atoms with Gasteiger partial charge in [-0.3, -0.25) is 4.79 Å². The molecule has 1 amide bonds. The van der Waals surface area contributed by atoms with E-state index < -0.39 is 0 Å². The second-order valence-electron chi connectivity index (χ2n) is 5.33. The van der Waals surface area contributed by atoms with Gasteiger partial charge < -0.3 is 14.8 Å². The number of halogens is 1. The molecule has 1 fully saturated rings. The monoisotopic (exact) mass is 395 g/mol. The van der Waals surface area contributed by atoms with Crippen molar-refractivity contribution in [3.63, 3.8) is 0 Å². The minimum atomic E-state index is -0.243. The van der Waals surface area contributed by atoms with Crippen LogP contribution in [0.3, 0.4) is 0 Å². The first kappa shape index (κ1) is 18.3. The highest BCUT2D eigenvalue weighted by Gasteiger charge is 2.18. The number of benzene rings is 2. The largest absolute Gasteiger partial charge is 0.495 e. The first-order valence-corrected chi connectivity index (χ1v) is 10.2. The molecular weight excluding hydrogens is 378 g/mol. The number of rotatable bonds is 6. The van der Waals surface area contributed by atoms with Crippen LogP contribution in [0.5, 0.6) is 11.5 Å². The Hall–Kier alpha value is -1.50. The Morgan fingerprint density at radius 2 is 1.92 bits per heavy atom. The van der Waals surface area contributed by atoms with Crippen molar-refractivity contribution >= 4 is 46.7 Å². The van der Waals surface area contributed by atoms with E-state index in [2.05, 4.69) is 17.4 Å². The van der Waals surface area contributed by atoms with Crippen LogP contribution >= 0.6 is 35.1 Å². The average molecular weight is 396 g/mol. The zero-order valence-electron chi connectivity index (χ0n) is 13.7. The van der Waals surface area contributed by atoms with Gasteiger partial charge in [0.25, 0.3) is 5.91 Å². The molecule has 1 heterocycles. The summed E-state index contributed by atoms with van der Waals surface area (Å²) in [6.45, 7) is -0.0596. The number of ether oxygens (including phenoxy) is 2. The number of hydrogen-bond donors (Lipinski definition) is 1. The molecule has 1 N–H and O–H groups in total. The summed E-state index contributed by atoms with van der Waals surface area (Å²) in [7, 11) is 1.54. The van der Waals surface area contributed by atoms with E-state index in [0.717, 1.165) is 0 Å². The quantitative estimate of drug-likeness (QED) is 0.757. The topological polar surface area (TPSA) is 47.6 Å². The van der Waals surface area contributed by atoms with Gasteiger partial charge in [-0.1, -0.05) is 23.7 Å². The molecule has 2 aromatic rings. The molecule has 25 heavy (non-hydrogen) atoms. The summed E-state index contributed by atoms with van der Waals surface area (Å²) in [5.41, 5.74) is 1.89. The van der Waals surface area contributed by atoms with Gasteiger partial charge in [0.05, 0.1) is 16.7 Å². The molecular formula is C18H18ClNO3S2. The maximum atomic E-state index is 12.0. The standard InChI is InChI=1S/C18H18ClNO3S2/c1-22-16-7-4-13(10-15(16)19)20-17(21)11-23-14-5-2-12(3-6-14)18-24-8-9-25-18/h2-7,10,18H,8-9,11H2,1H3,(H,20,21). The summed E-state index contributed by atoms with van der Waals surface area (Å²) in [5, 5.41) is 3.19. The van der Waals surface area contributed by atoms with E-state index in [0.29, 0.717) is 26.8 Å². The fourth-order valence-corrected chi connectivity index (χ4v) is 5.48. The van der Waals surface area contributed by atoms with Crippen molar-refractivity contribution in [2.24, 2.45) is 0 Å². The fraction of sp³-hybridized carbons (Fsp3) is 0.278. The number of anilines is 1. The summed E-state index contributed by atoms with van der Waals surface area (Å²) in [4.78, 5) is 12.0. The minimum absolute atomic E-state index is 0.0596. The van der Waals surface area contributed by atoms with E-state index in [4.69, 9.17) is 21.1 Å². The Kier molecular flexibility index (Phi) is 6.39. The van der Waals surface area contributed by atoms with Gasteiger partial charge in [0.1, 0.15) is 11.5 Å². The highest BCUT2D eigenvalue weighted by molar-refractivity contribution is 8.19. The van der Waals surface area contributed by atoms with Crippen molar-refractivity contribution in [1.82, 2.24) is 0 Å². The maximum absolute atomic E-state index is 12.0. The van der Waals surface area contributed by atoms with Crippen LogP contribution in [-0.4, -0.2) is 31.1 Å². The molecule has 0 aliphatic carbocycles. The van der Waals surface area contributed by atoms with Crippen LogP contribution in [0.1, 0.15) is 10.1 Å². The SMILES string of the molecule is COc1ccc(NC(=O)COc2ccc(C3SCCS3)cc2)cc1Cl. The first-order valence-electron chi connectivity index (χ1n) is 7.75. The molecule has 0 atom stereocenters. The molecule has 0 unspecified atom stereocenters. The number of carbonyl (C=O) groups excluding carboxylic acids is 1. The Balaban J connectivity index is 1.51. The third kappa shape index (κ3) is 5.00. The smallest absolute Gasteiger partial charge is 0.262 e. The van der Waals surface area contributed by atoms with Crippen molar-refractivity contribution in [2.45, 2.75) is 4.58 Å². The van der Waals surface area contributed by atoms with E-state index in [9.17, 15) is 4.79 Å². The number of carbonyl (C=O) groups is 1. The highest BCUT2D eigenvalue weighted by Crippen LogP contribution is 2.45. The molecule has 0 radical (unpaired) electrons. The van der Waals surface area contributed by atoms with E-state index in [-0.39, 0.29) is 12.5 Å². The van der Waals surface area contributed by atoms with Crippen molar-refractivity contribution < 1.29 is 14.3 Å². The summed E-state index contributed by atoms with van der Waals surface area (Å²) >= 11 is 9.97. The summed E-state index contributed by atoms with van der Waals surface area (Å²) in [6.07, 6.45) is 0. The third-order valence-corrected chi connectivity index (χ3v) is 6.98. The molecule has 0 saturated carbocycles. The molecule has 1 saturated heterocycles. The van der Waals surface area contributed by atoms with Crippen molar-refractivity contribution in [2.75, 3.05) is 30.5 Å². The Morgan fingerprint density at radius 1 is 1.20 bits per heavy atom. The molecule has 2 aromatic carbocycles. The molecule has 1 aliphatic rings. The van der Waals surface area contributed by atoms with Crippen LogP contribution in [0.25, 0.3) is 0 Å². The van der Waals surface area contributed by atoms with Gasteiger partial charge in [0.15, 0.2) is 6.61 Å². The molecule has 3 rings (SSSR count). The van der Waals surface area contributed by atoms with Gasteiger partial charge in [-0.05, 0) is 35.9 Å². The van der Waals surface area contributed by atoms with E-state index >= 15 is 0 Å². The summed E-state index contributed by atoms with van der Waals surface area (Å²) in [5.74, 6) is 3.40. The van der Waals surface area contributed by atoms with Gasteiger partial charge >= 0.3 is 0 Å². The number of methoxy groups -OCH3 is 1. The molecule has 7 heteroatoms. The van der Waals surface area contributed by atoms with Crippen LogP contribution in [0, 0.1) is 0 Å². The number of thioether (sulfide) groups is 2. The molecule has 0 aromatic heterocycles. The van der Waals surface area contributed by atoms with Crippen LogP contribution in [0.4, 0.5) is 5.69 Å². The Labute approximate surface area is 160 Å².